The van der Waals surface area contributed by atoms with Crippen molar-refractivity contribution in [1.82, 2.24) is 0 Å². The van der Waals surface area contributed by atoms with Crippen LogP contribution in [0.2, 0.25) is 5.02 Å². The fraction of sp³-hybridized carbons (Fsp3) is 0.536. The molecule has 0 amide bonds. The second-order valence-corrected chi connectivity index (χ2v) is 12.5. The highest BCUT2D eigenvalue weighted by Gasteiger charge is 2.25. The highest BCUT2D eigenvalue weighted by atomic mass is 35.5. The van der Waals surface area contributed by atoms with Gasteiger partial charge in [0, 0.05) is 32.2 Å². The van der Waals surface area contributed by atoms with E-state index in [1.807, 2.05) is 71.0 Å². The Morgan fingerprint density at radius 2 is 1.74 bits per heavy atom. The first-order chi connectivity index (χ1) is 16.5. The van der Waals surface area contributed by atoms with Gasteiger partial charge in [-0.3, -0.25) is 9.00 Å². The molecule has 2 rings (SSSR count). The van der Waals surface area contributed by atoms with Crippen molar-refractivity contribution < 1.29 is 23.2 Å². The van der Waals surface area contributed by atoms with Crippen LogP contribution in [0.15, 0.2) is 36.4 Å². The minimum atomic E-state index is -0.945. The van der Waals surface area contributed by atoms with Gasteiger partial charge in [0.1, 0.15) is 0 Å². The summed E-state index contributed by atoms with van der Waals surface area (Å²) in [5.41, 5.74) is 2.87. The van der Waals surface area contributed by atoms with E-state index in [0.29, 0.717) is 28.9 Å². The van der Waals surface area contributed by atoms with Crippen LogP contribution in [-0.2, 0) is 26.8 Å². The zero-order valence-electron chi connectivity index (χ0n) is 22.0. The molecule has 2 atom stereocenters. The van der Waals surface area contributed by atoms with Crippen LogP contribution in [0.1, 0.15) is 77.0 Å². The third kappa shape index (κ3) is 8.84. The lowest BCUT2D eigenvalue weighted by Crippen LogP contribution is -2.24. The van der Waals surface area contributed by atoms with Crippen molar-refractivity contribution in [3.05, 3.63) is 58.1 Å². The van der Waals surface area contributed by atoms with Crippen LogP contribution in [0.25, 0.3) is 0 Å². The third-order valence-corrected chi connectivity index (χ3v) is 7.86. The highest BCUT2D eigenvalue weighted by Crippen LogP contribution is 2.40. The monoisotopic (exact) mass is 522 g/mol. The topological polar surface area (TPSA) is 61.8 Å². The van der Waals surface area contributed by atoms with Crippen LogP contribution < -0.4 is 9.47 Å². The van der Waals surface area contributed by atoms with E-state index in [1.54, 1.807) is 14.0 Å². The molecule has 7 heteroatoms. The number of carbonyl (C=O) groups excluding carboxylic acids is 1. The Labute approximate surface area is 218 Å². The van der Waals surface area contributed by atoms with Gasteiger partial charge < -0.3 is 14.2 Å². The molecular weight excluding hydrogens is 484 g/mol. The number of rotatable bonds is 12. The van der Waals surface area contributed by atoms with Gasteiger partial charge in [0.05, 0.1) is 26.2 Å². The van der Waals surface area contributed by atoms with Gasteiger partial charge in [-0.05, 0) is 95.3 Å². The first-order valence-corrected chi connectivity index (χ1v) is 13.8. The molecule has 0 aliphatic carbocycles. The van der Waals surface area contributed by atoms with E-state index in [1.165, 1.54) is 0 Å². The average molecular weight is 523 g/mol. The number of ether oxygens (including phenoxy) is 3. The zero-order chi connectivity index (χ0) is 26.2. The summed E-state index contributed by atoms with van der Waals surface area (Å²) >= 11 is 6.18. The van der Waals surface area contributed by atoms with Gasteiger partial charge in [-0.15, -0.1) is 0 Å². The van der Waals surface area contributed by atoms with Gasteiger partial charge >= 0.3 is 5.97 Å². The predicted molar refractivity (Wildman–Crippen MR) is 144 cm³/mol. The molecule has 2 aromatic carbocycles. The van der Waals surface area contributed by atoms with E-state index < -0.39 is 10.8 Å². The average Bonchev–Trinajstić information content (AvgIpc) is 2.77. The maximum absolute atomic E-state index is 12.7. The Morgan fingerprint density at radius 3 is 2.29 bits per heavy atom. The number of esters is 1. The molecule has 35 heavy (non-hydrogen) atoms. The molecule has 0 aliphatic rings. The van der Waals surface area contributed by atoms with Crippen molar-refractivity contribution in [3.63, 3.8) is 0 Å². The van der Waals surface area contributed by atoms with Crippen molar-refractivity contribution in [2.24, 2.45) is 0 Å². The quantitative estimate of drug-likeness (QED) is 0.290. The van der Waals surface area contributed by atoms with Gasteiger partial charge in [-0.1, -0.05) is 23.7 Å². The number of hydrogen-bond acceptors (Lipinski definition) is 5. The van der Waals surface area contributed by atoms with E-state index in [2.05, 4.69) is 0 Å². The summed E-state index contributed by atoms with van der Waals surface area (Å²) < 4.78 is 29.4. The molecule has 0 spiro atoms. The first kappa shape index (κ1) is 29.2. The van der Waals surface area contributed by atoms with Crippen molar-refractivity contribution in [3.8, 4) is 11.5 Å². The summed E-state index contributed by atoms with van der Waals surface area (Å²) in [4.78, 5) is 12.5. The highest BCUT2D eigenvalue weighted by molar-refractivity contribution is 7.86. The van der Waals surface area contributed by atoms with Gasteiger partial charge in [0.25, 0.3) is 0 Å². The van der Waals surface area contributed by atoms with E-state index in [9.17, 15) is 9.00 Å². The largest absolute Gasteiger partial charge is 0.493 e. The smallest absolute Gasteiger partial charge is 0.310 e. The van der Waals surface area contributed by atoms with Crippen LogP contribution in [0.3, 0.4) is 0 Å². The summed E-state index contributed by atoms with van der Waals surface area (Å²) in [6.45, 7) is 12.0. The molecule has 0 N–H and O–H groups in total. The molecule has 0 radical (unpaired) electrons. The van der Waals surface area contributed by atoms with Crippen LogP contribution in [0.5, 0.6) is 11.5 Å². The van der Waals surface area contributed by atoms with E-state index in [-0.39, 0.29) is 29.2 Å². The Bertz CT molecular complexity index is 996. The lowest BCUT2D eigenvalue weighted by atomic mass is 9.84. The number of carbonyl (C=O) groups is 1. The third-order valence-electron chi connectivity index (χ3n) is 5.58. The number of benzene rings is 2. The first-order valence-electron chi connectivity index (χ1n) is 12.1. The summed E-state index contributed by atoms with van der Waals surface area (Å²) in [6.07, 6.45) is 1.60. The second-order valence-electron chi connectivity index (χ2n) is 9.76. The van der Waals surface area contributed by atoms with Gasteiger partial charge in [0.15, 0.2) is 11.5 Å². The Hall–Kier alpha value is -2.05. The fourth-order valence-electron chi connectivity index (χ4n) is 3.89. The Kier molecular flexibility index (Phi) is 11.1. The standard InChI is InChI=1S/C28H39ClO5S/c1-8-33-27(30)17-21-16-25(32-7)26(34-19(2)3)18-24(21)23(20-11-13-22(29)14-12-20)10-9-15-35(31)28(4,5)6/h11-14,16,18-19,23H,8-10,15,17H2,1-7H3/t23-,35?/m0/s1. The Balaban J connectivity index is 2.57. The zero-order valence-corrected chi connectivity index (χ0v) is 23.6. The van der Waals surface area contributed by atoms with Gasteiger partial charge in [-0.25, -0.2) is 0 Å². The molecule has 0 saturated carbocycles. The number of hydrogen-bond donors (Lipinski definition) is 0. The SMILES string of the molecule is CCOC(=O)Cc1cc(OC)c(OC(C)C)cc1[C@@H](CCCS(=O)C(C)(C)C)c1ccc(Cl)cc1. The number of methoxy groups -OCH3 is 1. The molecule has 194 valence electrons. The van der Waals surface area contributed by atoms with Gasteiger partial charge in [-0.2, -0.15) is 0 Å². The van der Waals surface area contributed by atoms with Crippen molar-refractivity contribution >= 4 is 28.4 Å². The second kappa shape index (κ2) is 13.3. The van der Waals surface area contributed by atoms with Crippen LogP contribution in [-0.4, -0.2) is 40.5 Å². The Morgan fingerprint density at radius 1 is 1.09 bits per heavy atom. The number of halogens is 1. The van der Waals surface area contributed by atoms with E-state index >= 15 is 0 Å². The van der Waals surface area contributed by atoms with Crippen LogP contribution in [0.4, 0.5) is 0 Å². The van der Waals surface area contributed by atoms with Crippen molar-refractivity contribution in [2.45, 2.75) is 77.6 Å². The molecule has 0 saturated heterocycles. The maximum Gasteiger partial charge on any atom is 0.310 e. The summed E-state index contributed by atoms with van der Waals surface area (Å²) in [5.74, 6) is 1.46. The van der Waals surface area contributed by atoms with Gasteiger partial charge in [0.2, 0.25) is 0 Å². The van der Waals surface area contributed by atoms with Crippen molar-refractivity contribution in [1.29, 1.82) is 0 Å². The summed E-state index contributed by atoms with van der Waals surface area (Å²) in [5, 5.41) is 0.659. The maximum atomic E-state index is 12.7. The molecule has 0 bridgehead atoms. The van der Waals surface area contributed by atoms with E-state index in [0.717, 1.165) is 29.5 Å². The lowest BCUT2D eigenvalue weighted by Gasteiger charge is -2.25. The minimum absolute atomic E-state index is 0.0455. The van der Waals surface area contributed by atoms with Crippen LogP contribution >= 0.6 is 11.6 Å². The van der Waals surface area contributed by atoms with Crippen LogP contribution in [0, 0.1) is 0 Å². The molecule has 0 aliphatic heterocycles. The lowest BCUT2D eigenvalue weighted by molar-refractivity contribution is -0.142. The molecule has 2 aromatic rings. The van der Waals surface area contributed by atoms with E-state index in [4.69, 9.17) is 25.8 Å². The normalized spacial score (nSPS) is 13.4. The minimum Gasteiger partial charge on any atom is -0.493 e. The molecule has 5 nitrogen and oxygen atoms in total. The summed E-state index contributed by atoms with van der Waals surface area (Å²) in [7, 11) is 0.648. The van der Waals surface area contributed by atoms with Crippen molar-refractivity contribution in [2.75, 3.05) is 19.5 Å². The molecule has 1 unspecified atom stereocenters. The molecule has 0 heterocycles. The molecule has 0 aromatic heterocycles. The molecule has 0 fully saturated rings. The molecular formula is C28H39ClO5S. The fourth-order valence-corrected chi connectivity index (χ4v) is 5.06. The summed E-state index contributed by atoms with van der Waals surface area (Å²) in [6, 6.07) is 11.6. The predicted octanol–water partition coefficient (Wildman–Crippen LogP) is 6.70.